The van der Waals surface area contributed by atoms with E-state index in [1.807, 2.05) is 0 Å². The zero-order chi connectivity index (χ0) is 15.2. The van der Waals surface area contributed by atoms with Crippen molar-refractivity contribution in [2.45, 2.75) is 13.0 Å². The topological polar surface area (TPSA) is 71.3 Å². The molecule has 0 fully saturated rings. The standard InChI is InChI=1S/C15H15FN2O3/c1-10(13-7-4-8-21-13)18-14(19)9-17-15(20)11-5-2-3-6-12(11)16/h2-8,10H,9H2,1H3,(H,17,20)(H,18,19). The molecule has 0 saturated carbocycles. The van der Waals surface area contributed by atoms with Crippen LogP contribution in [0.3, 0.4) is 0 Å². The summed E-state index contributed by atoms with van der Waals surface area (Å²) in [6.07, 6.45) is 1.51. The Hall–Kier alpha value is -2.63. The van der Waals surface area contributed by atoms with Crippen LogP contribution in [0, 0.1) is 5.82 Å². The normalized spacial score (nSPS) is 11.7. The zero-order valence-electron chi connectivity index (χ0n) is 11.4. The Morgan fingerprint density at radius 2 is 2.00 bits per heavy atom. The number of rotatable bonds is 5. The van der Waals surface area contributed by atoms with Crippen molar-refractivity contribution in [3.63, 3.8) is 0 Å². The third-order valence-electron chi connectivity index (χ3n) is 2.88. The van der Waals surface area contributed by atoms with E-state index in [0.29, 0.717) is 5.76 Å². The summed E-state index contributed by atoms with van der Waals surface area (Å²) in [6.45, 7) is 1.52. The molecule has 2 rings (SSSR count). The van der Waals surface area contributed by atoms with Crippen molar-refractivity contribution < 1.29 is 18.4 Å². The minimum absolute atomic E-state index is 0.0932. The highest BCUT2D eigenvalue weighted by atomic mass is 19.1. The maximum atomic E-state index is 13.4. The van der Waals surface area contributed by atoms with Crippen LogP contribution in [-0.4, -0.2) is 18.4 Å². The number of hydrogen-bond acceptors (Lipinski definition) is 3. The first-order chi connectivity index (χ1) is 10.1. The van der Waals surface area contributed by atoms with Gasteiger partial charge in [0, 0.05) is 0 Å². The van der Waals surface area contributed by atoms with Gasteiger partial charge in [0.25, 0.3) is 5.91 Å². The predicted molar refractivity (Wildman–Crippen MR) is 74.0 cm³/mol. The van der Waals surface area contributed by atoms with Crippen LogP contribution in [0.15, 0.2) is 47.1 Å². The molecule has 0 aliphatic carbocycles. The first kappa shape index (κ1) is 14.8. The molecule has 110 valence electrons. The molecule has 21 heavy (non-hydrogen) atoms. The number of carbonyl (C=O) groups is 2. The first-order valence-electron chi connectivity index (χ1n) is 6.43. The van der Waals surface area contributed by atoms with Crippen LogP contribution in [0.4, 0.5) is 4.39 Å². The van der Waals surface area contributed by atoms with Crippen LogP contribution < -0.4 is 10.6 Å². The Bertz CT molecular complexity index is 626. The van der Waals surface area contributed by atoms with E-state index in [1.54, 1.807) is 25.1 Å². The lowest BCUT2D eigenvalue weighted by Crippen LogP contribution is -2.38. The molecule has 0 spiro atoms. The molecule has 1 atom stereocenters. The van der Waals surface area contributed by atoms with E-state index in [9.17, 15) is 14.0 Å². The molecule has 2 aromatic rings. The minimum Gasteiger partial charge on any atom is -0.467 e. The molecular formula is C15H15FN2O3. The lowest BCUT2D eigenvalue weighted by atomic mass is 10.2. The maximum absolute atomic E-state index is 13.4. The van der Waals surface area contributed by atoms with Crippen LogP contribution in [0.5, 0.6) is 0 Å². The van der Waals surface area contributed by atoms with Gasteiger partial charge in [0.05, 0.1) is 24.4 Å². The fourth-order valence-corrected chi connectivity index (χ4v) is 1.80. The first-order valence-corrected chi connectivity index (χ1v) is 6.43. The summed E-state index contributed by atoms with van der Waals surface area (Å²) in [5.74, 6) is -1.03. The number of halogens is 1. The Morgan fingerprint density at radius 3 is 2.67 bits per heavy atom. The molecule has 5 nitrogen and oxygen atoms in total. The van der Waals surface area contributed by atoms with Crippen LogP contribution in [0.25, 0.3) is 0 Å². The lowest BCUT2D eigenvalue weighted by Gasteiger charge is -2.12. The number of furan rings is 1. The van der Waals surface area contributed by atoms with Crippen molar-refractivity contribution in [1.82, 2.24) is 10.6 Å². The van der Waals surface area contributed by atoms with Crippen LogP contribution in [-0.2, 0) is 4.79 Å². The smallest absolute Gasteiger partial charge is 0.254 e. The zero-order valence-corrected chi connectivity index (χ0v) is 11.4. The van der Waals surface area contributed by atoms with E-state index in [-0.39, 0.29) is 24.1 Å². The van der Waals surface area contributed by atoms with E-state index in [1.165, 1.54) is 24.5 Å². The highest BCUT2D eigenvalue weighted by molar-refractivity contribution is 5.96. The fourth-order valence-electron chi connectivity index (χ4n) is 1.80. The SMILES string of the molecule is CC(NC(=O)CNC(=O)c1ccccc1F)c1ccco1. The third kappa shape index (κ3) is 3.92. The van der Waals surface area contributed by atoms with Gasteiger partial charge in [0.1, 0.15) is 11.6 Å². The van der Waals surface area contributed by atoms with Gasteiger partial charge in [-0.05, 0) is 31.2 Å². The molecule has 0 aliphatic heterocycles. The van der Waals surface area contributed by atoms with Crippen LogP contribution in [0.2, 0.25) is 0 Å². The highest BCUT2D eigenvalue weighted by Crippen LogP contribution is 2.11. The average Bonchev–Trinajstić information content (AvgIpc) is 2.99. The van der Waals surface area contributed by atoms with E-state index >= 15 is 0 Å². The number of carbonyl (C=O) groups excluding carboxylic acids is 2. The number of nitrogens with one attached hydrogen (secondary N) is 2. The second-order valence-electron chi connectivity index (χ2n) is 4.47. The van der Waals surface area contributed by atoms with Gasteiger partial charge in [0.2, 0.25) is 5.91 Å². The van der Waals surface area contributed by atoms with Crippen molar-refractivity contribution in [2.75, 3.05) is 6.54 Å². The maximum Gasteiger partial charge on any atom is 0.254 e. The molecule has 1 aromatic carbocycles. The summed E-state index contributed by atoms with van der Waals surface area (Å²) < 4.78 is 18.5. The molecular weight excluding hydrogens is 275 g/mol. The molecule has 6 heteroatoms. The van der Waals surface area contributed by atoms with Gasteiger partial charge >= 0.3 is 0 Å². The Kier molecular flexibility index (Phi) is 4.71. The van der Waals surface area contributed by atoms with Crippen molar-refractivity contribution in [3.05, 3.63) is 59.8 Å². The largest absolute Gasteiger partial charge is 0.467 e. The number of hydrogen-bond donors (Lipinski definition) is 2. The van der Waals surface area contributed by atoms with Crippen LogP contribution in [0.1, 0.15) is 29.1 Å². The summed E-state index contributed by atoms with van der Waals surface area (Å²) in [4.78, 5) is 23.4. The molecule has 0 bridgehead atoms. The number of amides is 2. The van der Waals surface area contributed by atoms with Gasteiger partial charge in [0.15, 0.2) is 0 Å². The van der Waals surface area contributed by atoms with Crippen LogP contribution >= 0.6 is 0 Å². The van der Waals surface area contributed by atoms with E-state index < -0.39 is 11.7 Å². The monoisotopic (exact) mass is 290 g/mol. The Labute approximate surface area is 121 Å². The fraction of sp³-hybridized carbons (Fsp3) is 0.200. The van der Waals surface area contributed by atoms with E-state index in [4.69, 9.17) is 4.42 Å². The van der Waals surface area contributed by atoms with Crippen molar-refractivity contribution >= 4 is 11.8 Å². The summed E-state index contributed by atoms with van der Waals surface area (Å²) in [5.41, 5.74) is -0.0932. The molecule has 1 aromatic heterocycles. The van der Waals surface area contributed by atoms with Gasteiger partial charge in [-0.15, -0.1) is 0 Å². The van der Waals surface area contributed by atoms with E-state index in [0.717, 1.165) is 0 Å². The molecule has 0 saturated heterocycles. The van der Waals surface area contributed by atoms with Crippen molar-refractivity contribution in [3.8, 4) is 0 Å². The third-order valence-corrected chi connectivity index (χ3v) is 2.88. The predicted octanol–water partition coefficient (Wildman–Crippen LogP) is 2.03. The van der Waals surface area contributed by atoms with E-state index in [2.05, 4.69) is 10.6 Å². The summed E-state index contributed by atoms with van der Waals surface area (Å²) in [6, 6.07) is 8.74. The molecule has 1 unspecified atom stereocenters. The Morgan fingerprint density at radius 1 is 1.24 bits per heavy atom. The summed E-state index contributed by atoms with van der Waals surface area (Å²) in [5, 5.41) is 5.03. The highest BCUT2D eigenvalue weighted by Gasteiger charge is 2.14. The molecule has 2 N–H and O–H groups in total. The summed E-state index contributed by atoms with van der Waals surface area (Å²) in [7, 11) is 0. The molecule has 2 amide bonds. The van der Waals surface area contributed by atoms with Gasteiger partial charge < -0.3 is 15.1 Å². The van der Waals surface area contributed by atoms with Gasteiger partial charge in [-0.2, -0.15) is 0 Å². The second kappa shape index (κ2) is 6.69. The Balaban J connectivity index is 1.84. The average molecular weight is 290 g/mol. The minimum atomic E-state index is -0.631. The van der Waals surface area contributed by atoms with Crippen molar-refractivity contribution in [2.24, 2.45) is 0 Å². The van der Waals surface area contributed by atoms with Gasteiger partial charge in [-0.1, -0.05) is 12.1 Å². The number of benzene rings is 1. The van der Waals surface area contributed by atoms with Crippen molar-refractivity contribution in [1.29, 1.82) is 0 Å². The van der Waals surface area contributed by atoms with Gasteiger partial charge in [-0.3, -0.25) is 9.59 Å². The molecule has 0 radical (unpaired) electrons. The molecule has 0 aliphatic rings. The van der Waals surface area contributed by atoms with Gasteiger partial charge in [-0.25, -0.2) is 4.39 Å². The molecule has 1 heterocycles. The lowest BCUT2D eigenvalue weighted by molar-refractivity contribution is -0.120. The quantitative estimate of drug-likeness (QED) is 0.885. The second-order valence-corrected chi connectivity index (χ2v) is 4.47. The summed E-state index contributed by atoms with van der Waals surface area (Å²) >= 11 is 0.